The van der Waals surface area contributed by atoms with Crippen LogP contribution in [0.2, 0.25) is 0 Å². The number of hydrogen-bond acceptors (Lipinski definition) is 3. The van der Waals surface area contributed by atoms with Crippen molar-refractivity contribution in [3.63, 3.8) is 0 Å². The summed E-state index contributed by atoms with van der Waals surface area (Å²) in [6, 6.07) is 4.24. The number of anilines is 1. The van der Waals surface area contributed by atoms with Crippen molar-refractivity contribution >= 4 is 11.6 Å². The highest BCUT2D eigenvalue weighted by Gasteiger charge is 2.30. The minimum absolute atomic E-state index is 0.344. The van der Waals surface area contributed by atoms with Crippen LogP contribution in [0.25, 0.3) is 0 Å². The van der Waals surface area contributed by atoms with Crippen LogP contribution >= 0.6 is 0 Å². The van der Waals surface area contributed by atoms with E-state index in [2.05, 4.69) is 10.1 Å². The molecule has 0 bridgehead atoms. The van der Waals surface area contributed by atoms with Gasteiger partial charge < -0.3 is 15.8 Å². The summed E-state index contributed by atoms with van der Waals surface area (Å²) in [6.07, 6.45) is -3.41. The van der Waals surface area contributed by atoms with Gasteiger partial charge in [0.1, 0.15) is 5.75 Å². The Morgan fingerprint density at radius 3 is 2.42 bits per heavy atom. The normalized spacial score (nSPS) is 12.9. The number of carbonyl (C=O) groups is 1. The quantitative estimate of drug-likeness (QED) is 0.869. The lowest BCUT2D eigenvalue weighted by Gasteiger charge is -2.12. The second-order valence-electron chi connectivity index (χ2n) is 3.96. The molecule has 1 aromatic rings. The molecule has 1 amide bonds. The van der Waals surface area contributed by atoms with Gasteiger partial charge in [0.25, 0.3) is 0 Å². The fraction of sp³-hybridized carbons (Fsp3) is 0.417. The molecular formula is C12H15F3N2O2. The highest BCUT2D eigenvalue weighted by molar-refractivity contribution is 5.94. The molecule has 1 aromatic carbocycles. The molecule has 106 valence electrons. The lowest BCUT2D eigenvalue weighted by Crippen LogP contribution is -2.35. The number of nitrogens with one attached hydrogen (secondary N) is 1. The molecule has 3 N–H and O–H groups in total. The van der Waals surface area contributed by atoms with Gasteiger partial charge in [0, 0.05) is 5.69 Å². The van der Waals surface area contributed by atoms with E-state index in [4.69, 9.17) is 5.73 Å². The highest BCUT2D eigenvalue weighted by Crippen LogP contribution is 2.23. The van der Waals surface area contributed by atoms with E-state index >= 15 is 0 Å². The number of carbonyl (C=O) groups excluding carboxylic acids is 1. The van der Waals surface area contributed by atoms with Crippen LogP contribution in [0.3, 0.4) is 0 Å². The van der Waals surface area contributed by atoms with Crippen LogP contribution in [0.1, 0.15) is 19.8 Å². The van der Waals surface area contributed by atoms with E-state index in [0.717, 1.165) is 18.6 Å². The monoisotopic (exact) mass is 276 g/mol. The second kappa shape index (κ2) is 6.42. The van der Waals surface area contributed by atoms with E-state index in [9.17, 15) is 18.0 Å². The molecule has 1 unspecified atom stereocenters. The third-order valence-corrected chi connectivity index (χ3v) is 2.29. The number of amides is 1. The number of rotatable bonds is 5. The van der Waals surface area contributed by atoms with E-state index < -0.39 is 12.4 Å². The lowest BCUT2D eigenvalue weighted by molar-refractivity contribution is -0.274. The van der Waals surface area contributed by atoms with Gasteiger partial charge >= 0.3 is 6.36 Å². The average molecular weight is 276 g/mol. The van der Waals surface area contributed by atoms with Crippen molar-refractivity contribution in [1.29, 1.82) is 0 Å². The Hall–Kier alpha value is -1.76. The van der Waals surface area contributed by atoms with Crippen molar-refractivity contribution < 1.29 is 22.7 Å². The minimum Gasteiger partial charge on any atom is -0.406 e. The molecule has 0 heterocycles. The van der Waals surface area contributed by atoms with Crippen molar-refractivity contribution in [2.24, 2.45) is 5.73 Å². The molecule has 0 aromatic heterocycles. The second-order valence-corrected chi connectivity index (χ2v) is 3.96. The van der Waals surface area contributed by atoms with Crippen molar-refractivity contribution in [1.82, 2.24) is 0 Å². The third-order valence-electron chi connectivity index (χ3n) is 2.29. The first kappa shape index (κ1) is 15.3. The Kier molecular flexibility index (Phi) is 5.17. The zero-order valence-electron chi connectivity index (χ0n) is 10.3. The van der Waals surface area contributed by atoms with E-state index in [1.807, 2.05) is 6.92 Å². The first-order chi connectivity index (χ1) is 8.81. The van der Waals surface area contributed by atoms with Crippen LogP contribution in [0.15, 0.2) is 24.3 Å². The number of halogens is 3. The molecule has 4 nitrogen and oxygen atoms in total. The van der Waals surface area contributed by atoms with Crippen molar-refractivity contribution in [2.75, 3.05) is 5.32 Å². The van der Waals surface area contributed by atoms with Crippen LogP contribution in [0, 0.1) is 0 Å². The largest absolute Gasteiger partial charge is 0.573 e. The molecule has 0 aliphatic carbocycles. The van der Waals surface area contributed by atoms with Crippen molar-refractivity contribution in [2.45, 2.75) is 32.2 Å². The number of ether oxygens (including phenoxy) is 1. The van der Waals surface area contributed by atoms with E-state index in [-0.39, 0.29) is 11.7 Å². The summed E-state index contributed by atoms with van der Waals surface area (Å²) in [6.45, 7) is 1.90. The molecule has 1 rings (SSSR count). The van der Waals surface area contributed by atoms with Gasteiger partial charge in [0.05, 0.1) is 6.04 Å². The van der Waals surface area contributed by atoms with Gasteiger partial charge in [-0.15, -0.1) is 13.2 Å². The van der Waals surface area contributed by atoms with E-state index in [1.165, 1.54) is 12.1 Å². The van der Waals surface area contributed by atoms with Crippen LogP contribution in [-0.4, -0.2) is 18.3 Å². The maximum absolute atomic E-state index is 11.9. The molecule has 0 spiro atoms. The molecule has 1 atom stereocenters. The molecule has 0 radical (unpaired) electrons. The summed E-state index contributed by atoms with van der Waals surface area (Å²) in [7, 11) is 0. The van der Waals surface area contributed by atoms with Gasteiger partial charge in [-0.05, 0) is 30.7 Å². The maximum atomic E-state index is 11.9. The summed E-state index contributed by atoms with van der Waals surface area (Å²) in [5, 5.41) is 2.52. The Balaban J connectivity index is 2.59. The highest BCUT2D eigenvalue weighted by atomic mass is 19.4. The zero-order valence-corrected chi connectivity index (χ0v) is 10.3. The van der Waals surface area contributed by atoms with Crippen LogP contribution in [-0.2, 0) is 4.79 Å². The van der Waals surface area contributed by atoms with Gasteiger partial charge in [-0.25, -0.2) is 0 Å². The molecule has 0 aliphatic rings. The van der Waals surface area contributed by atoms with Crippen LogP contribution in [0.4, 0.5) is 18.9 Å². The SMILES string of the molecule is CCCC(N)C(=O)Nc1ccc(OC(F)(F)F)cc1. The number of alkyl halides is 3. The van der Waals surface area contributed by atoms with E-state index in [0.29, 0.717) is 12.1 Å². The van der Waals surface area contributed by atoms with Gasteiger partial charge in [0.15, 0.2) is 0 Å². The summed E-state index contributed by atoms with van der Waals surface area (Å²) in [4.78, 5) is 11.6. The fourth-order valence-electron chi connectivity index (χ4n) is 1.42. The van der Waals surface area contributed by atoms with Gasteiger partial charge in [-0.3, -0.25) is 4.79 Å². The summed E-state index contributed by atoms with van der Waals surface area (Å²) in [5.41, 5.74) is 5.97. The summed E-state index contributed by atoms with van der Waals surface area (Å²) >= 11 is 0. The zero-order chi connectivity index (χ0) is 14.5. The molecule has 7 heteroatoms. The molecular weight excluding hydrogens is 261 g/mol. The smallest absolute Gasteiger partial charge is 0.406 e. The van der Waals surface area contributed by atoms with Gasteiger partial charge in [-0.1, -0.05) is 13.3 Å². The Morgan fingerprint density at radius 1 is 1.37 bits per heavy atom. The van der Waals surface area contributed by atoms with Crippen molar-refractivity contribution in [3.8, 4) is 5.75 Å². The minimum atomic E-state index is -4.73. The predicted octanol–water partition coefficient (Wildman–Crippen LogP) is 2.65. The predicted molar refractivity (Wildman–Crippen MR) is 64.6 cm³/mol. The molecule has 0 saturated heterocycles. The summed E-state index contributed by atoms with van der Waals surface area (Å²) < 4.78 is 39.5. The Bertz CT molecular complexity index is 418. The Morgan fingerprint density at radius 2 is 1.95 bits per heavy atom. The Labute approximate surface area is 108 Å². The fourth-order valence-corrected chi connectivity index (χ4v) is 1.42. The third kappa shape index (κ3) is 5.60. The topological polar surface area (TPSA) is 64.4 Å². The van der Waals surface area contributed by atoms with Gasteiger partial charge in [-0.2, -0.15) is 0 Å². The van der Waals surface area contributed by atoms with Gasteiger partial charge in [0.2, 0.25) is 5.91 Å². The first-order valence-corrected chi connectivity index (χ1v) is 5.74. The molecule has 0 saturated carbocycles. The average Bonchev–Trinajstić information content (AvgIpc) is 2.30. The first-order valence-electron chi connectivity index (χ1n) is 5.74. The maximum Gasteiger partial charge on any atom is 0.573 e. The molecule has 0 fully saturated rings. The lowest BCUT2D eigenvalue weighted by atomic mass is 10.1. The van der Waals surface area contributed by atoms with Crippen LogP contribution < -0.4 is 15.8 Å². The van der Waals surface area contributed by atoms with E-state index in [1.54, 1.807) is 0 Å². The standard InChI is InChI=1S/C12H15F3N2O2/c1-2-3-10(16)11(18)17-8-4-6-9(7-5-8)19-12(13,14)15/h4-7,10H,2-3,16H2,1H3,(H,17,18). The number of benzene rings is 1. The summed E-state index contributed by atoms with van der Waals surface area (Å²) in [5.74, 6) is -0.713. The molecule has 19 heavy (non-hydrogen) atoms. The number of hydrogen-bond donors (Lipinski definition) is 2. The number of nitrogens with two attached hydrogens (primary N) is 1. The molecule has 0 aliphatic heterocycles. The van der Waals surface area contributed by atoms with Crippen molar-refractivity contribution in [3.05, 3.63) is 24.3 Å². The van der Waals surface area contributed by atoms with Crippen LogP contribution in [0.5, 0.6) is 5.75 Å².